The Kier molecular flexibility index (Phi) is 11.0. The summed E-state index contributed by atoms with van der Waals surface area (Å²) in [7, 11) is 1.63. The largest absolute Gasteiger partial charge is 0.497 e. The first-order valence-electron chi connectivity index (χ1n) is 12.4. The topological polar surface area (TPSA) is 58.6 Å². The van der Waals surface area contributed by atoms with Crippen LogP contribution in [-0.2, 0) is 28.3 Å². The summed E-state index contributed by atoms with van der Waals surface area (Å²) in [4.78, 5) is 28.7. The molecule has 0 saturated heterocycles. The molecule has 0 aromatic heterocycles. The number of halogens is 1. The first-order valence-corrected chi connectivity index (χ1v) is 13.6. The highest BCUT2D eigenvalue weighted by Gasteiger charge is 2.30. The number of thioether (sulfide) groups is 1. The summed E-state index contributed by atoms with van der Waals surface area (Å²) in [6.45, 7) is 4.80. The Hall–Kier alpha value is -3.32. The van der Waals surface area contributed by atoms with E-state index in [0.717, 1.165) is 22.4 Å². The molecule has 0 fully saturated rings. The summed E-state index contributed by atoms with van der Waals surface area (Å²) in [5.74, 6) is 1.27. The van der Waals surface area contributed by atoms with Crippen LogP contribution in [0.15, 0.2) is 78.9 Å². The zero-order valence-corrected chi connectivity index (χ0v) is 22.5. The van der Waals surface area contributed by atoms with Gasteiger partial charge in [0, 0.05) is 25.3 Å². The van der Waals surface area contributed by atoms with Crippen LogP contribution >= 0.6 is 11.8 Å². The number of nitrogens with zero attached hydrogens (tertiary/aromatic N) is 1. The van der Waals surface area contributed by atoms with Crippen molar-refractivity contribution in [2.24, 2.45) is 5.92 Å². The van der Waals surface area contributed by atoms with Crippen LogP contribution in [0, 0.1) is 11.7 Å². The normalized spacial score (nSPS) is 11.7. The molecule has 3 rings (SSSR count). The van der Waals surface area contributed by atoms with Gasteiger partial charge in [0.15, 0.2) is 0 Å². The number of hydrogen-bond acceptors (Lipinski definition) is 4. The Labute approximate surface area is 223 Å². The molecule has 0 unspecified atom stereocenters. The number of hydrogen-bond donors (Lipinski definition) is 1. The predicted molar refractivity (Wildman–Crippen MR) is 148 cm³/mol. The van der Waals surface area contributed by atoms with Crippen LogP contribution in [0.3, 0.4) is 0 Å². The van der Waals surface area contributed by atoms with E-state index in [1.165, 1.54) is 23.9 Å². The molecule has 7 heteroatoms. The van der Waals surface area contributed by atoms with Gasteiger partial charge < -0.3 is 15.0 Å². The molecule has 0 aliphatic rings. The van der Waals surface area contributed by atoms with Gasteiger partial charge in [-0.05, 0) is 46.9 Å². The van der Waals surface area contributed by atoms with Gasteiger partial charge in [-0.25, -0.2) is 4.39 Å². The van der Waals surface area contributed by atoms with Crippen molar-refractivity contribution in [1.82, 2.24) is 10.2 Å². The molecular formula is C30H35FN2O3S. The van der Waals surface area contributed by atoms with Crippen LogP contribution in [0.25, 0.3) is 0 Å². The lowest BCUT2D eigenvalue weighted by Gasteiger charge is -2.32. The fourth-order valence-electron chi connectivity index (χ4n) is 3.82. The van der Waals surface area contributed by atoms with Crippen molar-refractivity contribution in [3.8, 4) is 5.75 Å². The van der Waals surface area contributed by atoms with E-state index in [4.69, 9.17) is 4.74 Å². The van der Waals surface area contributed by atoms with Crippen LogP contribution in [-0.4, -0.2) is 42.2 Å². The number of amides is 2. The Balaban J connectivity index is 1.81. The van der Waals surface area contributed by atoms with Crippen molar-refractivity contribution in [2.45, 2.75) is 38.6 Å². The molecule has 0 spiro atoms. The first-order chi connectivity index (χ1) is 17.9. The second kappa shape index (κ2) is 14.4. The van der Waals surface area contributed by atoms with Crippen molar-refractivity contribution in [1.29, 1.82) is 0 Å². The molecule has 0 bridgehead atoms. The first kappa shape index (κ1) is 28.3. The number of benzene rings is 3. The lowest BCUT2D eigenvalue weighted by Crippen LogP contribution is -2.51. The fourth-order valence-corrected chi connectivity index (χ4v) is 4.69. The highest BCUT2D eigenvalue weighted by atomic mass is 32.2. The van der Waals surface area contributed by atoms with E-state index in [9.17, 15) is 14.0 Å². The Morgan fingerprint density at radius 3 is 2.19 bits per heavy atom. The van der Waals surface area contributed by atoms with Crippen LogP contribution in [0.2, 0.25) is 0 Å². The van der Waals surface area contributed by atoms with Gasteiger partial charge in [0.25, 0.3) is 0 Å². The molecule has 37 heavy (non-hydrogen) atoms. The minimum Gasteiger partial charge on any atom is -0.497 e. The standard InChI is InChI=1S/C30H35FN2O3S/c1-22(2)18-32-30(35)28(17-23-7-5-4-6-8-23)33(19-24-9-13-26(31)14-10-24)29(34)21-37-20-25-11-15-27(36-3)16-12-25/h4-16,22,28H,17-21H2,1-3H3,(H,32,35)/t28-/m1/s1. The second-order valence-corrected chi connectivity index (χ2v) is 10.3. The highest BCUT2D eigenvalue weighted by Crippen LogP contribution is 2.20. The van der Waals surface area contributed by atoms with Gasteiger partial charge in [-0.1, -0.05) is 68.4 Å². The number of nitrogens with one attached hydrogen (secondary N) is 1. The lowest BCUT2D eigenvalue weighted by molar-refractivity contribution is -0.139. The van der Waals surface area contributed by atoms with Crippen molar-refractivity contribution in [3.05, 3.63) is 101 Å². The summed E-state index contributed by atoms with van der Waals surface area (Å²) in [5.41, 5.74) is 2.82. The third-order valence-electron chi connectivity index (χ3n) is 5.88. The van der Waals surface area contributed by atoms with Crippen molar-refractivity contribution < 1.29 is 18.7 Å². The molecule has 5 nitrogen and oxygen atoms in total. The van der Waals surface area contributed by atoms with Crippen LogP contribution in [0.4, 0.5) is 4.39 Å². The maximum absolute atomic E-state index is 13.6. The molecule has 3 aromatic rings. The van der Waals surface area contributed by atoms with Gasteiger partial charge in [-0.2, -0.15) is 0 Å². The monoisotopic (exact) mass is 522 g/mol. The van der Waals surface area contributed by atoms with Crippen molar-refractivity contribution in [2.75, 3.05) is 19.4 Å². The Morgan fingerprint density at radius 1 is 0.919 bits per heavy atom. The third-order valence-corrected chi connectivity index (χ3v) is 6.86. The summed E-state index contributed by atoms with van der Waals surface area (Å²) in [5, 5.41) is 3.01. The summed E-state index contributed by atoms with van der Waals surface area (Å²) in [6, 6.07) is 22.8. The molecule has 0 aliphatic carbocycles. The maximum atomic E-state index is 13.6. The summed E-state index contributed by atoms with van der Waals surface area (Å²) < 4.78 is 18.8. The van der Waals surface area contributed by atoms with Gasteiger partial charge in [0.2, 0.25) is 11.8 Å². The molecule has 0 heterocycles. The van der Waals surface area contributed by atoms with E-state index in [1.807, 2.05) is 68.4 Å². The average molecular weight is 523 g/mol. The van der Waals surface area contributed by atoms with Gasteiger partial charge in [-0.3, -0.25) is 9.59 Å². The maximum Gasteiger partial charge on any atom is 0.243 e. The summed E-state index contributed by atoms with van der Waals surface area (Å²) >= 11 is 1.50. The highest BCUT2D eigenvalue weighted by molar-refractivity contribution is 7.99. The van der Waals surface area contributed by atoms with Gasteiger partial charge >= 0.3 is 0 Å². The smallest absolute Gasteiger partial charge is 0.243 e. The van der Waals surface area contributed by atoms with Crippen LogP contribution < -0.4 is 10.1 Å². The zero-order chi connectivity index (χ0) is 26.6. The van der Waals surface area contributed by atoms with E-state index >= 15 is 0 Å². The number of rotatable bonds is 13. The van der Waals surface area contributed by atoms with Crippen molar-refractivity contribution >= 4 is 23.6 Å². The number of carbonyl (C=O) groups excluding carboxylic acids is 2. The van der Waals surface area contributed by atoms with Gasteiger partial charge in [-0.15, -0.1) is 11.8 Å². The van der Waals surface area contributed by atoms with E-state index in [0.29, 0.717) is 18.7 Å². The van der Waals surface area contributed by atoms with E-state index in [2.05, 4.69) is 5.32 Å². The quantitative estimate of drug-likeness (QED) is 0.323. The molecule has 2 amide bonds. The van der Waals surface area contributed by atoms with E-state index in [1.54, 1.807) is 24.1 Å². The van der Waals surface area contributed by atoms with Crippen molar-refractivity contribution in [3.63, 3.8) is 0 Å². The molecule has 0 saturated carbocycles. The van der Waals surface area contributed by atoms with E-state index < -0.39 is 6.04 Å². The van der Waals surface area contributed by atoms with Crippen LogP contribution in [0.5, 0.6) is 5.75 Å². The SMILES string of the molecule is COc1ccc(CSCC(=O)N(Cc2ccc(F)cc2)[C@H](Cc2ccccc2)C(=O)NCC(C)C)cc1. The predicted octanol–water partition coefficient (Wildman–Crippen LogP) is 5.48. The van der Waals surface area contributed by atoms with E-state index in [-0.39, 0.29) is 35.8 Å². The second-order valence-electron chi connectivity index (χ2n) is 9.33. The van der Waals surface area contributed by atoms with Gasteiger partial charge in [0.1, 0.15) is 17.6 Å². The molecule has 1 N–H and O–H groups in total. The molecule has 3 aromatic carbocycles. The molecule has 0 aliphatic heterocycles. The average Bonchev–Trinajstić information content (AvgIpc) is 2.91. The Morgan fingerprint density at radius 2 is 1.57 bits per heavy atom. The number of carbonyl (C=O) groups is 2. The zero-order valence-electron chi connectivity index (χ0n) is 21.7. The van der Waals surface area contributed by atoms with Gasteiger partial charge in [0.05, 0.1) is 12.9 Å². The summed E-state index contributed by atoms with van der Waals surface area (Å²) in [6.07, 6.45) is 0.390. The third kappa shape index (κ3) is 9.25. The molecular weight excluding hydrogens is 487 g/mol. The molecule has 196 valence electrons. The number of ether oxygens (including phenoxy) is 1. The van der Waals surface area contributed by atoms with Crippen LogP contribution in [0.1, 0.15) is 30.5 Å². The molecule has 0 radical (unpaired) electrons. The fraction of sp³-hybridized carbons (Fsp3) is 0.333. The minimum atomic E-state index is -0.694. The number of methoxy groups -OCH3 is 1. The molecule has 1 atom stereocenters. The Bertz CT molecular complexity index is 1120. The lowest BCUT2D eigenvalue weighted by atomic mass is 10.0. The minimum absolute atomic E-state index is 0.136.